The second-order valence-electron chi connectivity index (χ2n) is 5.15. The second kappa shape index (κ2) is 6.26. The number of H-pyrrole nitrogens is 1. The molecule has 1 aromatic heterocycles. The van der Waals surface area contributed by atoms with Gasteiger partial charge in [-0.2, -0.15) is 0 Å². The highest BCUT2D eigenvalue weighted by Crippen LogP contribution is 2.22. The summed E-state index contributed by atoms with van der Waals surface area (Å²) in [4.78, 5) is 19.4. The summed E-state index contributed by atoms with van der Waals surface area (Å²) >= 11 is 6.35. The molecule has 0 aliphatic carbocycles. The Hall–Kier alpha value is -2.59. The fourth-order valence-corrected chi connectivity index (χ4v) is 2.58. The molecule has 4 nitrogen and oxygen atoms in total. The van der Waals surface area contributed by atoms with Crippen LogP contribution in [-0.2, 0) is 0 Å². The van der Waals surface area contributed by atoms with Gasteiger partial charge in [0.15, 0.2) is 5.82 Å². The third kappa shape index (κ3) is 3.12. The number of hydrogen-bond donors (Lipinski definition) is 1. The lowest BCUT2D eigenvalue weighted by Crippen LogP contribution is -2.11. The predicted octanol–water partition coefficient (Wildman–Crippen LogP) is 3.98. The number of aryl methyl sites for hydroxylation is 1. The van der Waals surface area contributed by atoms with Crippen molar-refractivity contribution in [2.75, 3.05) is 7.11 Å². The van der Waals surface area contributed by atoms with Crippen LogP contribution in [0.25, 0.3) is 22.0 Å². The van der Waals surface area contributed by atoms with Crippen LogP contribution in [0.15, 0.2) is 47.3 Å². The zero-order valence-electron chi connectivity index (χ0n) is 12.8. The molecule has 1 N–H and O–H groups in total. The van der Waals surface area contributed by atoms with Crippen LogP contribution in [-0.4, -0.2) is 17.1 Å². The Kier molecular flexibility index (Phi) is 4.17. The Morgan fingerprint density at radius 2 is 2.04 bits per heavy atom. The molecule has 0 unspecified atom stereocenters. The van der Waals surface area contributed by atoms with Gasteiger partial charge in [-0.15, -0.1) is 0 Å². The maximum atomic E-state index is 12.2. The number of hydrogen-bond acceptors (Lipinski definition) is 3. The van der Waals surface area contributed by atoms with Gasteiger partial charge in [-0.25, -0.2) is 4.98 Å². The van der Waals surface area contributed by atoms with E-state index in [0.717, 1.165) is 16.9 Å². The maximum Gasteiger partial charge on any atom is 0.259 e. The van der Waals surface area contributed by atoms with Gasteiger partial charge >= 0.3 is 0 Å². The van der Waals surface area contributed by atoms with Crippen molar-refractivity contribution >= 4 is 33.6 Å². The summed E-state index contributed by atoms with van der Waals surface area (Å²) in [6, 6.07) is 13.0. The molecule has 23 heavy (non-hydrogen) atoms. The first kappa shape index (κ1) is 15.3. The molecule has 0 amide bonds. The molecule has 3 aromatic rings. The first-order valence-electron chi connectivity index (χ1n) is 7.10. The molecule has 2 aromatic carbocycles. The normalized spacial score (nSPS) is 11.7. The number of rotatable bonds is 3. The zero-order chi connectivity index (χ0) is 16.4. The van der Waals surface area contributed by atoms with Crippen LogP contribution < -0.4 is 10.3 Å². The molecule has 0 aliphatic heterocycles. The van der Waals surface area contributed by atoms with E-state index in [-0.39, 0.29) is 5.56 Å². The fraction of sp³-hybridized carbons (Fsp3) is 0.111. The molecule has 1 heterocycles. The highest BCUT2D eigenvalue weighted by Gasteiger charge is 2.08. The third-order valence-electron chi connectivity index (χ3n) is 3.55. The summed E-state index contributed by atoms with van der Waals surface area (Å²) in [5, 5.41) is 0.917. The fourth-order valence-electron chi connectivity index (χ4n) is 2.36. The minimum Gasteiger partial charge on any atom is -0.497 e. The van der Waals surface area contributed by atoms with Crippen LogP contribution in [0.3, 0.4) is 0 Å². The largest absolute Gasteiger partial charge is 0.497 e. The van der Waals surface area contributed by atoms with Gasteiger partial charge in [0, 0.05) is 0 Å². The van der Waals surface area contributed by atoms with Crippen molar-refractivity contribution in [2.45, 2.75) is 6.92 Å². The number of aromatic nitrogens is 2. The summed E-state index contributed by atoms with van der Waals surface area (Å²) in [6.07, 6.45) is 1.74. The summed E-state index contributed by atoms with van der Waals surface area (Å²) in [7, 11) is 1.61. The van der Waals surface area contributed by atoms with Crippen LogP contribution in [0.5, 0.6) is 5.75 Å². The summed E-state index contributed by atoms with van der Waals surface area (Å²) in [5.74, 6) is 1.08. The van der Waals surface area contributed by atoms with E-state index in [1.165, 1.54) is 0 Å². The maximum absolute atomic E-state index is 12.2. The van der Waals surface area contributed by atoms with E-state index in [9.17, 15) is 4.79 Å². The summed E-state index contributed by atoms with van der Waals surface area (Å²) < 4.78 is 5.19. The Morgan fingerprint density at radius 1 is 1.26 bits per heavy atom. The number of benzene rings is 2. The van der Waals surface area contributed by atoms with Crippen molar-refractivity contribution in [1.82, 2.24) is 9.97 Å². The Balaban J connectivity index is 2.10. The molecule has 3 rings (SSSR count). The molecule has 0 saturated heterocycles. The standard InChI is InChI=1S/C18H15ClN2O2/c1-11-5-3-8-14-16(11)20-17(21-18(14)22)15(19)10-12-6-4-7-13(9-12)23-2/h3-10H,1-2H3,(H,20,21,22)/b15-10-. The molecule has 0 radical (unpaired) electrons. The van der Waals surface area contributed by atoms with E-state index in [2.05, 4.69) is 9.97 Å². The lowest BCUT2D eigenvalue weighted by atomic mass is 10.1. The highest BCUT2D eigenvalue weighted by atomic mass is 35.5. The minimum atomic E-state index is -0.203. The molecular formula is C18H15ClN2O2. The van der Waals surface area contributed by atoms with Crippen LogP contribution in [0.2, 0.25) is 0 Å². The number of halogens is 1. The smallest absolute Gasteiger partial charge is 0.259 e. The predicted molar refractivity (Wildman–Crippen MR) is 93.8 cm³/mol. The van der Waals surface area contributed by atoms with Crippen molar-refractivity contribution in [1.29, 1.82) is 0 Å². The van der Waals surface area contributed by atoms with Crippen molar-refractivity contribution < 1.29 is 4.74 Å². The Morgan fingerprint density at radius 3 is 2.83 bits per heavy atom. The highest BCUT2D eigenvalue weighted by molar-refractivity contribution is 6.50. The molecule has 116 valence electrons. The van der Waals surface area contributed by atoms with Crippen LogP contribution in [0.1, 0.15) is 17.0 Å². The van der Waals surface area contributed by atoms with Crippen LogP contribution in [0.4, 0.5) is 0 Å². The van der Waals surface area contributed by atoms with Gasteiger partial charge in [0.2, 0.25) is 0 Å². The summed E-state index contributed by atoms with van der Waals surface area (Å²) in [5.41, 5.74) is 2.25. The van der Waals surface area contributed by atoms with E-state index in [1.54, 1.807) is 19.3 Å². The molecule has 0 spiro atoms. The van der Waals surface area contributed by atoms with E-state index >= 15 is 0 Å². The average molecular weight is 327 g/mol. The molecule has 0 aliphatic rings. The molecular weight excluding hydrogens is 312 g/mol. The molecule has 0 fully saturated rings. The molecule has 0 atom stereocenters. The van der Waals surface area contributed by atoms with Crippen molar-refractivity contribution in [3.63, 3.8) is 0 Å². The zero-order valence-corrected chi connectivity index (χ0v) is 13.5. The van der Waals surface area contributed by atoms with Crippen LogP contribution in [0, 0.1) is 6.92 Å². The van der Waals surface area contributed by atoms with E-state index < -0.39 is 0 Å². The first-order valence-corrected chi connectivity index (χ1v) is 7.47. The number of methoxy groups -OCH3 is 1. The number of para-hydroxylation sites is 1. The number of ether oxygens (including phenoxy) is 1. The SMILES string of the molecule is COc1cccc(/C=C(\Cl)c2nc3c(C)cccc3c(=O)[nH]2)c1. The number of fused-ring (bicyclic) bond motifs is 1. The number of nitrogens with one attached hydrogen (secondary N) is 1. The minimum absolute atomic E-state index is 0.203. The average Bonchev–Trinajstić information content (AvgIpc) is 2.56. The van der Waals surface area contributed by atoms with Crippen molar-refractivity contribution in [3.05, 3.63) is 69.8 Å². The Bertz CT molecular complexity index is 961. The van der Waals surface area contributed by atoms with Gasteiger partial charge in [0.25, 0.3) is 5.56 Å². The van der Waals surface area contributed by atoms with Crippen LogP contribution >= 0.6 is 11.6 Å². The van der Waals surface area contributed by atoms with Gasteiger partial charge in [-0.1, -0.05) is 35.9 Å². The number of aromatic amines is 1. The topological polar surface area (TPSA) is 55.0 Å². The van der Waals surface area contributed by atoms with Gasteiger partial charge < -0.3 is 9.72 Å². The van der Waals surface area contributed by atoms with E-state index in [1.807, 2.05) is 43.3 Å². The van der Waals surface area contributed by atoms with Crippen molar-refractivity contribution in [3.8, 4) is 5.75 Å². The molecule has 5 heteroatoms. The first-order chi connectivity index (χ1) is 11.1. The lowest BCUT2D eigenvalue weighted by molar-refractivity contribution is 0.414. The second-order valence-corrected chi connectivity index (χ2v) is 5.56. The van der Waals surface area contributed by atoms with Gasteiger partial charge in [-0.3, -0.25) is 4.79 Å². The van der Waals surface area contributed by atoms with Gasteiger partial charge in [-0.05, 0) is 42.3 Å². The number of nitrogens with zero attached hydrogens (tertiary/aromatic N) is 1. The monoisotopic (exact) mass is 326 g/mol. The quantitative estimate of drug-likeness (QED) is 0.792. The Labute approximate surface area is 138 Å². The lowest BCUT2D eigenvalue weighted by Gasteiger charge is -2.05. The molecule has 0 bridgehead atoms. The van der Waals surface area contributed by atoms with Gasteiger partial charge in [0.05, 0.1) is 23.0 Å². The van der Waals surface area contributed by atoms with E-state index in [0.29, 0.717) is 21.8 Å². The van der Waals surface area contributed by atoms with Crippen molar-refractivity contribution in [2.24, 2.45) is 0 Å². The third-order valence-corrected chi connectivity index (χ3v) is 3.84. The van der Waals surface area contributed by atoms with Gasteiger partial charge in [0.1, 0.15) is 5.75 Å². The molecule has 0 saturated carbocycles. The van der Waals surface area contributed by atoms with E-state index in [4.69, 9.17) is 16.3 Å². The summed E-state index contributed by atoms with van der Waals surface area (Å²) in [6.45, 7) is 1.91.